The number of hydrogen-bond donors (Lipinski definition) is 1. The number of carbonyl (C=O) groups is 1. The maximum atomic E-state index is 10.9. The Balaban J connectivity index is 2.85. The van der Waals surface area contributed by atoms with E-state index in [1.165, 1.54) is 11.3 Å². The number of carbonyl (C=O) groups excluding carboxylic acids is 1. The van der Waals surface area contributed by atoms with Gasteiger partial charge in [-0.1, -0.05) is 0 Å². The molecule has 54 valence electrons. The van der Waals surface area contributed by atoms with Crippen molar-refractivity contribution in [1.82, 2.24) is 0 Å². The van der Waals surface area contributed by atoms with Crippen LogP contribution in [0.5, 0.6) is 0 Å². The fourth-order valence-electron chi connectivity index (χ4n) is 0.542. The Labute approximate surface area is 77.0 Å². The minimum absolute atomic E-state index is 0.0824. The Kier molecular flexibility index (Phi) is 2.95. The number of halogens is 1. The van der Waals surface area contributed by atoms with Crippen LogP contribution in [-0.4, -0.2) is 11.5 Å². The van der Waals surface area contributed by atoms with Gasteiger partial charge in [0.2, 0.25) is 0 Å². The van der Waals surface area contributed by atoms with Crippen LogP contribution in [0.4, 0.5) is 0 Å². The Morgan fingerprint density at radius 2 is 2.40 bits per heavy atom. The lowest BCUT2D eigenvalue weighted by molar-refractivity contribution is 0.102. The second-order valence-electron chi connectivity index (χ2n) is 1.69. The monoisotopic (exact) mass is 236 g/mol. The average Bonchev–Trinajstić information content (AvgIpc) is 2.34. The van der Waals surface area contributed by atoms with E-state index < -0.39 is 0 Å². The molecule has 0 unspecified atom stereocenters. The predicted molar refractivity (Wildman–Crippen MR) is 50.2 cm³/mol. The van der Waals surface area contributed by atoms with Crippen LogP contribution in [0.3, 0.4) is 0 Å². The first-order chi connectivity index (χ1) is 4.74. The Hall–Kier alpha value is 0.200. The van der Waals surface area contributed by atoms with Gasteiger partial charge in [-0.15, -0.1) is 11.3 Å². The van der Waals surface area contributed by atoms with Crippen LogP contribution in [0.15, 0.2) is 15.9 Å². The van der Waals surface area contributed by atoms with Gasteiger partial charge in [0, 0.05) is 0 Å². The smallest absolute Gasteiger partial charge is 0.182 e. The third kappa shape index (κ3) is 1.84. The van der Waals surface area contributed by atoms with Crippen LogP contribution in [0.1, 0.15) is 9.67 Å². The lowest BCUT2D eigenvalue weighted by atomic mass is 10.4. The molecule has 1 rings (SSSR count). The Morgan fingerprint density at radius 1 is 1.70 bits per heavy atom. The molecule has 0 aliphatic carbocycles. The van der Waals surface area contributed by atoms with Crippen LogP contribution < -0.4 is 0 Å². The quantitative estimate of drug-likeness (QED) is 0.618. The summed E-state index contributed by atoms with van der Waals surface area (Å²) in [4.78, 5) is 11.7. The van der Waals surface area contributed by atoms with E-state index in [-0.39, 0.29) is 11.5 Å². The zero-order valence-corrected chi connectivity index (χ0v) is 8.30. The molecule has 1 aromatic heterocycles. The molecule has 0 saturated carbocycles. The third-order valence-corrected chi connectivity index (χ3v) is 2.94. The molecular formula is C6H5BrOS2. The molecule has 0 spiro atoms. The Bertz CT molecular complexity index is 244. The number of thiol groups is 1. The molecule has 1 nitrogen and oxygen atoms in total. The highest BCUT2D eigenvalue weighted by Crippen LogP contribution is 2.22. The van der Waals surface area contributed by atoms with Crippen molar-refractivity contribution in [2.45, 2.75) is 0 Å². The Morgan fingerprint density at radius 3 is 2.80 bits per heavy atom. The van der Waals surface area contributed by atoms with Gasteiger partial charge in [-0.05, 0) is 28.1 Å². The van der Waals surface area contributed by atoms with Crippen molar-refractivity contribution in [2.24, 2.45) is 0 Å². The van der Waals surface area contributed by atoms with E-state index in [0.717, 1.165) is 8.66 Å². The van der Waals surface area contributed by atoms with Gasteiger partial charge in [-0.2, -0.15) is 12.6 Å². The molecule has 0 amide bonds. The summed E-state index contributed by atoms with van der Waals surface area (Å²) in [5, 5.41) is 0. The van der Waals surface area contributed by atoms with Gasteiger partial charge in [0.15, 0.2) is 5.78 Å². The molecule has 4 heteroatoms. The van der Waals surface area contributed by atoms with Gasteiger partial charge in [-0.3, -0.25) is 4.79 Å². The summed E-state index contributed by atoms with van der Waals surface area (Å²) in [5.74, 6) is 0.367. The van der Waals surface area contributed by atoms with Crippen molar-refractivity contribution in [1.29, 1.82) is 0 Å². The first-order valence-electron chi connectivity index (χ1n) is 2.63. The van der Waals surface area contributed by atoms with Crippen molar-refractivity contribution >= 4 is 45.7 Å². The van der Waals surface area contributed by atoms with Crippen molar-refractivity contribution in [3.8, 4) is 0 Å². The molecular weight excluding hydrogens is 232 g/mol. The minimum atomic E-state index is 0.0824. The van der Waals surface area contributed by atoms with Gasteiger partial charge in [-0.25, -0.2) is 0 Å². The topological polar surface area (TPSA) is 17.1 Å². The number of Topliss-reactive ketones (excluding diaryl/α,β-unsaturated/α-hetero) is 1. The molecule has 0 saturated heterocycles. The van der Waals surface area contributed by atoms with E-state index in [0.29, 0.717) is 0 Å². The number of rotatable bonds is 2. The highest BCUT2D eigenvalue weighted by molar-refractivity contribution is 9.11. The minimum Gasteiger partial charge on any atom is -0.292 e. The lowest BCUT2D eigenvalue weighted by Gasteiger charge is -1.86. The van der Waals surface area contributed by atoms with Crippen molar-refractivity contribution < 1.29 is 4.79 Å². The second kappa shape index (κ2) is 3.55. The van der Waals surface area contributed by atoms with E-state index in [4.69, 9.17) is 0 Å². The van der Waals surface area contributed by atoms with Crippen LogP contribution in [0.25, 0.3) is 0 Å². The van der Waals surface area contributed by atoms with Crippen molar-refractivity contribution in [3.63, 3.8) is 0 Å². The van der Waals surface area contributed by atoms with E-state index in [1.807, 2.05) is 6.07 Å². The largest absolute Gasteiger partial charge is 0.292 e. The summed E-state index contributed by atoms with van der Waals surface area (Å²) in [6.45, 7) is 0. The van der Waals surface area contributed by atoms with E-state index in [2.05, 4.69) is 28.6 Å². The maximum Gasteiger partial charge on any atom is 0.182 e. The third-order valence-electron chi connectivity index (χ3n) is 0.992. The van der Waals surface area contributed by atoms with E-state index in [1.54, 1.807) is 6.07 Å². The van der Waals surface area contributed by atoms with Gasteiger partial charge >= 0.3 is 0 Å². The highest BCUT2D eigenvalue weighted by atomic mass is 79.9. The molecule has 0 aliphatic rings. The van der Waals surface area contributed by atoms with E-state index >= 15 is 0 Å². The maximum absolute atomic E-state index is 10.9. The molecule has 0 atom stereocenters. The summed E-state index contributed by atoms with van der Waals surface area (Å²) in [5.41, 5.74) is 0. The first kappa shape index (κ1) is 8.30. The molecule has 0 bridgehead atoms. The van der Waals surface area contributed by atoms with Gasteiger partial charge in [0.25, 0.3) is 0 Å². The van der Waals surface area contributed by atoms with Crippen LogP contribution >= 0.6 is 39.9 Å². The number of ketones is 1. The summed E-state index contributed by atoms with van der Waals surface area (Å²) in [6.07, 6.45) is 0. The lowest BCUT2D eigenvalue weighted by Crippen LogP contribution is -1.95. The summed E-state index contributed by atoms with van der Waals surface area (Å²) < 4.78 is 0.984. The molecule has 1 heterocycles. The zero-order chi connectivity index (χ0) is 7.56. The van der Waals surface area contributed by atoms with Crippen LogP contribution in [0, 0.1) is 0 Å². The zero-order valence-electron chi connectivity index (χ0n) is 5.00. The fourth-order valence-corrected chi connectivity index (χ4v) is 2.14. The normalized spacial score (nSPS) is 9.80. The van der Waals surface area contributed by atoms with Crippen LogP contribution in [-0.2, 0) is 0 Å². The standard InChI is InChI=1S/C6H5BrOS2/c7-6-2-1-5(10-6)4(8)3-9/h1-2,9H,3H2. The first-order valence-corrected chi connectivity index (χ1v) is 4.87. The average molecular weight is 237 g/mol. The molecule has 0 N–H and O–H groups in total. The van der Waals surface area contributed by atoms with Crippen molar-refractivity contribution in [3.05, 3.63) is 20.8 Å². The van der Waals surface area contributed by atoms with Crippen LogP contribution in [0.2, 0.25) is 0 Å². The van der Waals surface area contributed by atoms with Gasteiger partial charge in [0.05, 0.1) is 14.4 Å². The molecule has 0 fully saturated rings. The molecule has 10 heavy (non-hydrogen) atoms. The number of hydrogen-bond acceptors (Lipinski definition) is 3. The van der Waals surface area contributed by atoms with Gasteiger partial charge in [0.1, 0.15) is 0 Å². The number of thiophene rings is 1. The second-order valence-corrected chi connectivity index (χ2v) is 4.46. The predicted octanol–water partition coefficient (Wildman–Crippen LogP) is 2.62. The van der Waals surface area contributed by atoms with E-state index in [9.17, 15) is 4.79 Å². The molecule has 0 aromatic carbocycles. The summed E-state index contributed by atoms with van der Waals surface area (Å²) >= 11 is 8.59. The fraction of sp³-hybridized carbons (Fsp3) is 0.167. The molecule has 0 aliphatic heterocycles. The SMILES string of the molecule is O=C(CS)c1ccc(Br)s1. The van der Waals surface area contributed by atoms with Crippen molar-refractivity contribution in [2.75, 3.05) is 5.75 Å². The summed E-state index contributed by atoms with van der Waals surface area (Å²) in [7, 11) is 0. The summed E-state index contributed by atoms with van der Waals surface area (Å²) in [6, 6.07) is 3.66. The molecule has 0 radical (unpaired) electrons. The van der Waals surface area contributed by atoms with Gasteiger partial charge < -0.3 is 0 Å². The molecule has 1 aromatic rings. The highest BCUT2D eigenvalue weighted by Gasteiger charge is 2.04.